The molecule has 0 unspecified atom stereocenters. The van der Waals surface area contributed by atoms with Gasteiger partial charge in [0.1, 0.15) is 0 Å². The molecule has 0 aliphatic heterocycles. The number of aryl methyl sites for hydroxylation is 2. The fourth-order valence-electron chi connectivity index (χ4n) is 2.29. The molecule has 1 rings (SSSR count). The first-order valence-corrected chi connectivity index (χ1v) is 8.60. The average Bonchev–Trinajstić information content (AvgIpc) is 2.53. The Balaban J connectivity index is 2.19. The Morgan fingerprint density at radius 2 is 1.61 bits per heavy atom. The number of anilines is 1. The lowest BCUT2D eigenvalue weighted by atomic mass is 10.1. The lowest BCUT2D eigenvalue weighted by Gasteiger charge is -2.08. The molecule has 0 bridgehead atoms. The molecule has 1 N–H and O–H groups in total. The Hall–Kier alpha value is -1.84. The zero-order chi connectivity index (χ0) is 17.1. The van der Waals surface area contributed by atoms with Gasteiger partial charge in [-0.3, -0.25) is 4.79 Å². The third kappa shape index (κ3) is 7.82. The van der Waals surface area contributed by atoms with Crippen LogP contribution in [-0.2, 0) is 14.3 Å². The number of hydrogen-bond acceptors (Lipinski definition) is 3. The van der Waals surface area contributed by atoms with Crippen LogP contribution in [0.15, 0.2) is 18.2 Å². The minimum Gasteiger partial charge on any atom is -0.459 e. The van der Waals surface area contributed by atoms with E-state index < -0.39 is 11.9 Å². The normalized spacial score (nSPS) is 10.4. The Bertz CT molecular complexity index is 511. The zero-order valence-corrected chi connectivity index (χ0v) is 14.6. The number of carbonyl (C=O) groups excluding carboxylic acids is 2. The predicted molar refractivity (Wildman–Crippen MR) is 93.5 cm³/mol. The van der Waals surface area contributed by atoms with E-state index in [-0.39, 0.29) is 0 Å². The Kier molecular flexibility index (Phi) is 9.03. The highest BCUT2D eigenvalue weighted by Crippen LogP contribution is 2.14. The van der Waals surface area contributed by atoms with Crippen LogP contribution in [0, 0.1) is 13.8 Å². The third-order valence-corrected chi connectivity index (χ3v) is 3.93. The molecular formula is C19H29NO3. The number of ether oxygens (including phenoxy) is 1. The second-order valence-electron chi connectivity index (χ2n) is 6.01. The second-order valence-corrected chi connectivity index (χ2v) is 6.01. The Labute approximate surface area is 139 Å². The summed E-state index contributed by atoms with van der Waals surface area (Å²) >= 11 is 0. The molecule has 128 valence electrons. The van der Waals surface area contributed by atoms with Crippen LogP contribution in [0.3, 0.4) is 0 Å². The van der Waals surface area contributed by atoms with Gasteiger partial charge in [0.25, 0.3) is 0 Å². The zero-order valence-electron chi connectivity index (χ0n) is 14.6. The molecule has 0 aromatic heterocycles. The smallest absolute Gasteiger partial charge is 0.397 e. The van der Waals surface area contributed by atoms with Crippen LogP contribution >= 0.6 is 0 Å². The van der Waals surface area contributed by atoms with Crippen LogP contribution in [0.1, 0.15) is 63.0 Å². The number of unbranched alkanes of at least 4 members (excludes halogenated alkanes) is 6. The average molecular weight is 319 g/mol. The van der Waals surface area contributed by atoms with Crippen molar-refractivity contribution in [2.75, 3.05) is 11.9 Å². The van der Waals surface area contributed by atoms with Crippen molar-refractivity contribution in [1.82, 2.24) is 0 Å². The first-order valence-electron chi connectivity index (χ1n) is 8.60. The molecule has 1 aromatic carbocycles. The highest BCUT2D eigenvalue weighted by atomic mass is 16.5. The monoisotopic (exact) mass is 319 g/mol. The number of benzene rings is 1. The van der Waals surface area contributed by atoms with Gasteiger partial charge >= 0.3 is 11.9 Å². The minimum atomic E-state index is -0.811. The quantitative estimate of drug-likeness (QED) is 0.413. The summed E-state index contributed by atoms with van der Waals surface area (Å²) in [5, 5.41) is 2.57. The summed E-state index contributed by atoms with van der Waals surface area (Å²) in [7, 11) is 0. The maximum atomic E-state index is 11.8. The first kappa shape index (κ1) is 19.2. The van der Waals surface area contributed by atoms with E-state index in [1.54, 1.807) is 6.07 Å². The molecular weight excluding hydrogens is 290 g/mol. The molecule has 23 heavy (non-hydrogen) atoms. The van der Waals surface area contributed by atoms with Crippen molar-refractivity contribution < 1.29 is 14.3 Å². The van der Waals surface area contributed by atoms with Gasteiger partial charge in [0.05, 0.1) is 6.61 Å². The molecule has 0 saturated heterocycles. The molecule has 1 aromatic rings. The standard InChI is InChI=1S/C19H29NO3/c1-4-5-6-7-8-9-10-13-23-19(22)18(21)20-17-12-11-15(2)16(3)14-17/h11-12,14H,4-10,13H2,1-3H3,(H,20,21). The molecule has 4 nitrogen and oxygen atoms in total. The van der Waals surface area contributed by atoms with Crippen molar-refractivity contribution in [3.05, 3.63) is 29.3 Å². The van der Waals surface area contributed by atoms with Gasteiger partial charge in [0, 0.05) is 5.69 Å². The second kappa shape index (κ2) is 10.8. The van der Waals surface area contributed by atoms with Crippen LogP contribution in [0.4, 0.5) is 5.69 Å². The molecule has 1 amide bonds. The molecule has 0 fully saturated rings. The van der Waals surface area contributed by atoms with Crippen LogP contribution in [0.2, 0.25) is 0 Å². The highest BCUT2D eigenvalue weighted by Gasteiger charge is 2.15. The fraction of sp³-hybridized carbons (Fsp3) is 0.579. The van der Waals surface area contributed by atoms with Crippen molar-refractivity contribution in [1.29, 1.82) is 0 Å². The van der Waals surface area contributed by atoms with Gasteiger partial charge in [-0.2, -0.15) is 0 Å². The third-order valence-electron chi connectivity index (χ3n) is 3.93. The fourth-order valence-corrected chi connectivity index (χ4v) is 2.29. The summed E-state index contributed by atoms with van der Waals surface area (Å²) in [6, 6.07) is 5.54. The molecule has 0 radical (unpaired) electrons. The van der Waals surface area contributed by atoms with E-state index >= 15 is 0 Å². The van der Waals surface area contributed by atoms with Crippen molar-refractivity contribution in [2.24, 2.45) is 0 Å². The number of amides is 1. The largest absolute Gasteiger partial charge is 0.459 e. The van der Waals surface area contributed by atoms with Gasteiger partial charge in [-0.1, -0.05) is 51.5 Å². The number of hydrogen-bond donors (Lipinski definition) is 1. The first-order chi connectivity index (χ1) is 11.0. The van der Waals surface area contributed by atoms with E-state index in [1.807, 2.05) is 26.0 Å². The highest BCUT2D eigenvalue weighted by molar-refractivity contribution is 6.37. The molecule has 0 saturated carbocycles. The van der Waals surface area contributed by atoms with Gasteiger partial charge in [-0.25, -0.2) is 4.79 Å². The summed E-state index contributed by atoms with van der Waals surface area (Å²) in [6.45, 7) is 6.47. The topological polar surface area (TPSA) is 55.4 Å². The van der Waals surface area contributed by atoms with E-state index in [0.29, 0.717) is 12.3 Å². The Morgan fingerprint density at radius 1 is 0.957 bits per heavy atom. The maximum Gasteiger partial charge on any atom is 0.397 e. The molecule has 0 spiro atoms. The minimum absolute atomic E-state index is 0.312. The summed E-state index contributed by atoms with van der Waals surface area (Å²) in [5.41, 5.74) is 2.83. The number of rotatable bonds is 9. The van der Waals surface area contributed by atoms with Gasteiger partial charge < -0.3 is 10.1 Å². The summed E-state index contributed by atoms with van der Waals surface area (Å²) in [5.74, 6) is -1.52. The lowest BCUT2D eigenvalue weighted by Crippen LogP contribution is -2.25. The van der Waals surface area contributed by atoms with E-state index in [0.717, 1.165) is 30.4 Å². The number of nitrogens with one attached hydrogen (secondary N) is 1. The van der Waals surface area contributed by atoms with E-state index in [2.05, 4.69) is 12.2 Å². The number of carbonyl (C=O) groups is 2. The summed E-state index contributed by atoms with van der Waals surface area (Å²) in [4.78, 5) is 23.4. The van der Waals surface area contributed by atoms with Gasteiger partial charge in [-0.05, 0) is 43.5 Å². The molecule has 0 heterocycles. The summed E-state index contributed by atoms with van der Waals surface area (Å²) < 4.78 is 5.01. The van der Waals surface area contributed by atoms with Crippen molar-refractivity contribution in [3.63, 3.8) is 0 Å². The van der Waals surface area contributed by atoms with Crippen LogP contribution < -0.4 is 5.32 Å². The Morgan fingerprint density at radius 3 is 2.26 bits per heavy atom. The molecule has 0 aliphatic rings. The SMILES string of the molecule is CCCCCCCCCOC(=O)C(=O)Nc1ccc(C)c(C)c1. The van der Waals surface area contributed by atoms with Crippen molar-refractivity contribution >= 4 is 17.6 Å². The van der Waals surface area contributed by atoms with E-state index in [1.165, 1.54) is 25.7 Å². The van der Waals surface area contributed by atoms with Crippen LogP contribution in [0.25, 0.3) is 0 Å². The van der Waals surface area contributed by atoms with Crippen molar-refractivity contribution in [2.45, 2.75) is 65.7 Å². The predicted octanol–water partition coefficient (Wildman–Crippen LogP) is 4.54. The molecule has 0 atom stereocenters. The molecule has 0 aliphatic carbocycles. The van der Waals surface area contributed by atoms with Gasteiger partial charge in [0.2, 0.25) is 0 Å². The van der Waals surface area contributed by atoms with E-state index in [9.17, 15) is 9.59 Å². The van der Waals surface area contributed by atoms with Gasteiger partial charge in [-0.15, -0.1) is 0 Å². The number of esters is 1. The van der Waals surface area contributed by atoms with Crippen LogP contribution in [0.5, 0.6) is 0 Å². The van der Waals surface area contributed by atoms with Crippen LogP contribution in [-0.4, -0.2) is 18.5 Å². The maximum absolute atomic E-state index is 11.8. The molecule has 4 heteroatoms. The van der Waals surface area contributed by atoms with Gasteiger partial charge in [0.15, 0.2) is 0 Å². The summed E-state index contributed by atoms with van der Waals surface area (Å²) in [6.07, 6.45) is 8.04. The van der Waals surface area contributed by atoms with Crippen molar-refractivity contribution in [3.8, 4) is 0 Å². The van der Waals surface area contributed by atoms with E-state index in [4.69, 9.17) is 4.74 Å². The lowest BCUT2D eigenvalue weighted by molar-refractivity contribution is -0.152.